The molecule has 2 N–H and O–H groups in total. The predicted octanol–water partition coefficient (Wildman–Crippen LogP) is 4.22. The Hall–Kier alpha value is -0.730. The quantitative estimate of drug-likeness (QED) is 0.783. The number of carbonyl (C=O) groups is 1. The molecule has 0 aromatic rings. The third-order valence-electron chi connectivity index (χ3n) is 9.77. The zero-order chi connectivity index (χ0) is 15.9. The van der Waals surface area contributed by atoms with E-state index in [9.17, 15) is 4.79 Å². The monoisotopic (exact) mass is 328 g/mol. The Labute approximate surface area is 145 Å². The number of nitrogens with one attached hydrogen (secondary N) is 2. The van der Waals surface area contributed by atoms with E-state index in [0.717, 1.165) is 35.5 Å². The van der Waals surface area contributed by atoms with Crippen molar-refractivity contribution in [1.29, 1.82) is 0 Å². The Balaban J connectivity index is 1.23. The molecule has 6 aliphatic carbocycles. The van der Waals surface area contributed by atoms with Crippen LogP contribution in [0, 0.1) is 35.5 Å². The van der Waals surface area contributed by atoms with Crippen LogP contribution in [0.3, 0.4) is 0 Å². The Morgan fingerprint density at radius 3 is 1.71 bits per heavy atom. The normalized spacial score (nSPS) is 56.5. The van der Waals surface area contributed by atoms with Gasteiger partial charge in [-0.2, -0.15) is 0 Å². The van der Waals surface area contributed by atoms with Crippen molar-refractivity contribution in [2.45, 2.75) is 88.1 Å². The molecule has 24 heavy (non-hydrogen) atoms. The summed E-state index contributed by atoms with van der Waals surface area (Å²) in [7, 11) is 0. The molecule has 6 rings (SSSR count). The van der Waals surface area contributed by atoms with Crippen LogP contribution in [0.1, 0.15) is 77.0 Å². The molecule has 132 valence electrons. The molecule has 0 aliphatic heterocycles. The van der Waals surface area contributed by atoms with Crippen molar-refractivity contribution in [3.63, 3.8) is 0 Å². The highest BCUT2D eigenvalue weighted by atomic mass is 16.2. The molecule has 8 atom stereocenters. The van der Waals surface area contributed by atoms with Crippen LogP contribution in [0.2, 0.25) is 0 Å². The van der Waals surface area contributed by atoms with Gasteiger partial charge in [-0.1, -0.05) is 12.8 Å². The third-order valence-corrected chi connectivity index (χ3v) is 9.77. The van der Waals surface area contributed by atoms with Gasteiger partial charge in [-0.05, 0) is 99.7 Å². The summed E-state index contributed by atoms with van der Waals surface area (Å²) in [6.45, 7) is 0. The standard InChI is InChI=1S/C21H32N2O/c24-19(22-20-9-1-3-17(20)13-5-7-15(20)11-13)23-21-10-2-4-18(21)14-6-8-16(21)12-14/h13-18H,1-12H2,(H2,22,23,24). The molecule has 0 heterocycles. The molecule has 0 radical (unpaired) electrons. The second kappa shape index (κ2) is 4.71. The Morgan fingerprint density at radius 2 is 1.21 bits per heavy atom. The minimum Gasteiger partial charge on any atom is -0.332 e. The topological polar surface area (TPSA) is 41.1 Å². The first-order chi connectivity index (χ1) is 11.7. The van der Waals surface area contributed by atoms with E-state index < -0.39 is 0 Å². The predicted molar refractivity (Wildman–Crippen MR) is 93.5 cm³/mol. The molecule has 4 bridgehead atoms. The summed E-state index contributed by atoms with van der Waals surface area (Å²) in [6, 6.07) is 0.203. The van der Waals surface area contributed by atoms with Crippen LogP contribution in [-0.2, 0) is 0 Å². The average molecular weight is 329 g/mol. The maximum atomic E-state index is 13.2. The van der Waals surface area contributed by atoms with Gasteiger partial charge in [0, 0.05) is 11.1 Å². The third kappa shape index (κ3) is 1.63. The summed E-state index contributed by atoms with van der Waals surface area (Å²) in [6.07, 6.45) is 16.2. The lowest BCUT2D eigenvalue weighted by atomic mass is 9.74. The largest absolute Gasteiger partial charge is 0.332 e. The second-order valence-electron chi connectivity index (χ2n) is 10.2. The highest BCUT2D eigenvalue weighted by Gasteiger charge is 2.63. The zero-order valence-corrected chi connectivity index (χ0v) is 14.9. The van der Waals surface area contributed by atoms with E-state index in [1.807, 2.05) is 0 Å². The Bertz CT molecular complexity index is 528. The maximum absolute atomic E-state index is 13.2. The summed E-state index contributed by atoms with van der Waals surface area (Å²) in [5.74, 6) is 4.96. The molecular weight excluding hydrogens is 296 g/mol. The summed E-state index contributed by atoms with van der Waals surface area (Å²) < 4.78 is 0. The summed E-state index contributed by atoms with van der Waals surface area (Å²) in [5, 5.41) is 7.26. The fourth-order valence-electron chi connectivity index (χ4n) is 9.11. The zero-order valence-electron chi connectivity index (χ0n) is 14.9. The van der Waals surface area contributed by atoms with Gasteiger partial charge >= 0.3 is 6.03 Å². The van der Waals surface area contributed by atoms with Gasteiger partial charge in [0.05, 0.1) is 0 Å². The molecule has 0 aromatic heterocycles. The van der Waals surface area contributed by atoms with Crippen LogP contribution in [-0.4, -0.2) is 17.1 Å². The fourth-order valence-corrected chi connectivity index (χ4v) is 9.11. The van der Waals surface area contributed by atoms with Crippen LogP contribution >= 0.6 is 0 Å². The molecule has 0 saturated heterocycles. The lowest BCUT2D eigenvalue weighted by Gasteiger charge is -2.44. The molecule has 0 spiro atoms. The van der Waals surface area contributed by atoms with E-state index in [1.165, 1.54) is 77.0 Å². The van der Waals surface area contributed by atoms with E-state index in [0.29, 0.717) is 0 Å². The lowest BCUT2D eigenvalue weighted by molar-refractivity contribution is 0.131. The van der Waals surface area contributed by atoms with Crippen LogP contribution in [0.4, 0.5) is 4.79 Å². The van der Waals surface area contributed by atoms with Crippen molar-refractivity contribution < 1.29 is 4.79 Å². The first-order valence-corrected chi connectivity index (χ1v) is 10.8. The molecule has 2 amide bonds. The number of carbonyl (C=O) groups excluding carboxylic acids is 1. The number of hydrogen-bond acceptors (Lipinski definition) is 1. The highest BCUT2D eigenvalue weighted by Crippen LogP contribution is 2.62. The molecule has 3 nitrogen and oxygen atoms in total. The van der Waals surface area contributed by atoms with Crippen molar-refractivity contribution in [2.75, 3.05) is 0 Å². The van der Waals surface area contributed by atoms with E-state index >= 15 is 0 Å². The number of urea groups is 1. The Kier molecular flexibility index (Phi) is 2.83. The highest BCUT2D eigenvalue weighted by molar-refractivity contribution is 5.76. The number of rotatable bonds is 2. The van der Waals surface area contributed by atoms with E-state index in [4.69, 9.17) is 0 Å². The molecule has 8 unspecified atom stereocenters. The molecule has 6 fully saturated rings. The summed E-state index contributed by atoms with van der Waals surface area (Å²) in [4.78, 5) is 13.2. The van der Waals surface area contributed by atoms with Gasteiger partial charge in [-0.3, -0.25) is 0 Å². The second-order valence-corrected chi connectivity index (χ2v) is 10.2. The van der Waals surface area contributed by atoms with Crippen LogP contribution in [0.15, 0.2) is 0 Å². The van der Waals surface area contributed by atoms with Crippen molar-refractivity contribution in [1.82, 2.24) is 10.6 Å². The van der Waals surface area contributed by atoms with Gasteiger partial charge in [-0.25, -0.2) is 4.79 Å². The van der Waals surface area contributed by atoms with E-state index in [2.05, 4.69) is 10.6 Å². The smallest absolute Gasteiger partial charge is 0.315 e. The van der Waals surface area contributed by atoms with E-state index in [-0.39, 0.29) is 17.1 Å². The first kappa shape index (κ1) is 14.4. The van der Waals surface area contributed by atoms with Crippen LogP contribution < -0.4 is 10.6 Å². The Morgan fingerprint density at radius 1 is 0.708 bits per heavy atom. The summed E-state index contributed by atoms with van der Waals surface area (Å²) in [5.41, 5.74) is 0.352. The molecule has 0 aromatic carbocycles. The first-order valence-electron chi connectivity index (χ1n) is 10.8. The van der Waals surface area contributed by atoms with Crippen molar-refractivity contribution in [3.05, 3.63) is 0 Å². The fraction of sp³-hybridized carbons (Fsp3) is 0.952. The molecule has 6 aliphatic rings. The van der Waals surface area contributed by atoms with Crippen LogP contribution in [0.5, 0.6) is 0 Å². The van der Waals surface area contributed by atoms with Crippen LogP contribution in [0.25, 0.3) is 0 Å². The van der Waals surface area contributed by atoms with Crippen molar-refractivity contribution >= 4 is 6.03 Å². The molecule has 3 heteroatoms. The van der Waals surface area contributed by atoms with Crippen molar-refractivity contribution in [3.8, 4) is 0 Å². The van der Waals surface area contributed by atoms with Gasteiger partial charge in [-0.15, -0.1) is 0 Å². The summed E-state index contributed by atoms with van der Waals surface area (Å²) >= 11 is 0. The van der Waals surface area contributed by atoms with Gasteiger partial charge in [0.2, 0.25) is 0 Å². The number of amides is 2. The number of hydrogen-bond donors (Lipinski definition) is 2. The molecular formula is C21H32N2O. The van der Waals surface area contributed by atoms with Gasteiger partial charge in [0.1, 0.15) is 0 Å². The van der Waals surface area contributed by atoms with Gasteiger partial charge in [0.15, 0.2) is 0 Å². The number of fused-ring (bicyclic) bond motifs is 10. The minimum absolute atomic E-state index is 0.176. The van der Waals surface area contributed by atoms with E-state index in [1.54, 1.807) is 0 Å². The van der Waals surface area contributed by atoms with Gasteiger partial charge < -0.3 is 10.6 Å². The van der Waals surface area contributed by atoms with Crippen molar-refractivity contribution in [2.24, 2.45) is 35.5 Å². The average Bonchev–Trinajstić information content (AvgIpc) is 3.34. The molecule has 6 saturated carbocycles. The minimum atomic E-state index is 0.176. The maximum Gasteiger partial charge on any atom is 0.315 e. The van der Waals surface area contributed by atoms with Gasteiger partial charge in [0.25, 0.3) is 0 Å². The lowest BCUT2D eigenvalue weighted by Crippen LogP contribution is -2.63. The SMILES string of the molecule is O=C(NC12CCCC1C1CCC2C1)NC12CCCC1C1CCC2C1.